The van der Waals surface area contributed by atoms with Crippen molar-refractivity contribution in [2.45, 2.75) is 32.7 Å². The molecule has 0 aliphatic rings. The summed E-state index contributed by atoms with van der Waals surface area (Å²) in [6.45, 7) is 4.86. The molecule has 0 saturated heterocycles. The minimum absolute atomic E-state index is 0.120. The van der Waals surface area contributed by atoms with Crippen LogP contribution in [0.15, 0.2) is 29.6 Å². The number of aromatic nitrogens is 1. The van der Waals surface area contributed by atoms with Gasteiger partial charge in [0.1, 0.15) is 5.75 Å². The van der Waals surface area contributed by atoms with Crippen molar-refractivity contribution in [1.82, 2.24) is 15.6 Å². The average Bonchev–Trinajstić information content (AvgIpc) is 3.09. The molecular weight excluding hydrogens is 338 g/mol. The fraction of sp³-hybridized carbons (Fsp3) is 0.389. The number of hydrogen-bond acceptors (Lipinski definition) is 5. The number of nitrogens with zero attached hydrogens (tertiary/aromatic N) is 1. The number of carbonyl (C=O) groups is 2. The summed E-state index contributed by atoms with van der Waals surface area (Å²) in [4.78, 5) is 28.4. The van der Waals surface area contributed by atoms with E-state index in [-0.39, 0.29) is 24.8 Å². The lowest BCUT2D eigenvalue weighted by Gasteiger charge is -2.07. The van der Waals surface area contributed by atoms with Crippen LogP contribution >= 0.6 is 11.3 Å². The summed E-state index contributed by atoms with van der Waals surface area (Å²) in [6.07, 6.45) is 0.219. The fourth-order valence-electron chi connectivity index (χ4n) is 2.10. The molecule has 0 saturated carbocycles. The van der Waals surface area contributed by atoms with Crippen LogP contribution in [0.3, 0.4) is 0 Å². The SMILES string of the molecule is COc1cccc(C(=O)NCCC(=O)NCc2csc(C(C)C)n2)c1. The molecule has 0 spiro atoms. The van der Waals surface area contributed by atoms with Crippen molar-refractivity contribution in [1.29, 1.82) is 0 Å². The first-order valence-corrected chi connectivity index (χ1v) is 9.00. The minimum atomic E-state index is -0.229. The normalized spacial score (nSPS) is 10.6. The molecule has 134 valence electrons. The maximum absolute atomic E-state index is 12.0. The molecule has 2 aromatic rings. The van der Waals surface area contributed by atoms with Crippen LogP contribution in [-0.4, -0.2) is 30.5 Å². The number of hydrogen-bond donors (Lipinski definition) is 2. The standard InChI is InChI=1S/C18H23N3O3S/c1-12(2)18-21-14(11-25-18)10-20-16(22)7-8-19-17(23)13-5-4-6-15(9-13)24-3/h4-6,9,11-12H,7-8,10H2,1-3H3,(H,19,23)(H,20,22). The third-order valence-electron chi connectivity index (χ3n) is 3.50. The second-order valence-corrected chi connectivity index (χ2v) is 6.74. The lowest BCUT2D eigenvalue weighted by molar-refractivity contribution is -0.121. The number of amides is 2. The van der Waals surface area contributed by atoms with Gasteiger partial charge in [0.05, 0.1) is 24.4 Å². The number of methoxy groups -OCH3 is 1. The molecule has 0 aliphatic heterocycles. The van der Waals surface area contributed by atoms with Gasteiger partial charge in [-0.15, -0.1) is 11.3 Å². The van der Waals surface area contributed by atoms with Crippen LogP contribution < -0.4 is 15.4 Å². The second-order valence-electron chi connectivity index (χ2n) is 5.85. The molecular formula is C18H23N3O3S. The first-order chi connectivity index (χ1) is 12.0. The van der Waals surface area contributed by atoms with Crippen LogP contribution in [0.5, 0.6) is 5.75 Å². The summed E-state index contributed by atoms with van der Waals surface area (Å²) >= 11 is 1.60. The Hall–Kier alpha value is -2.41. The number of benzene rings is 1. The summed E-state index contributed by atoms with van der Waals surface area (Å²) in [6, 6.07) is 6.88. The predicted octanol–water partition coefficient (Wildman–Crippen LogP) is 2.71. The Morgan fingerprint density at radius 2 is 2.08 bits per heavy atom. The third-order valence-corrected chi connectivity index (χ3v) is 4.69. The van der Waals surface area contributed by atoms with Crippen molar-refractivity contribution >= 4 is 23.2 Å². The summed E-state index contributed by atoms with van der Waals surface area (Å²) in [7, 11) is 1.55. The number of carbonyl (C=O) groups excluding carboxylic acids is 2. The quantitative estimate of drug-likeness (QED) is 0.758. The summed E-state index contributed by atoms with van der Waals surface area (Å²) in [5, 5.41) is 8.57. The van der Waals surface area contributed by atoms with E-state index >= 15 is 0 Å². The molecule has 1 heterocycles. The van der Waals surface area contributed by atoms with Gasteiger partial charge in [-0.1, -0.05) is 19.9 Å². The van der Waals surface area contributed by atoms with E-state index in [9.17, 15) is 9.59 Å². The Bertz CT molecular complexity index is 728. The minimum Gasteiger partial charge on any atom is -0.497 e. The van der Waals surface area contributed by atoms with Gasteiger partial charge in [-0.05, 0) is 18.2 Å². The van der Waals surface area contributed by atoms with Gasteiger partial charge in [0, 0.05) is 29.8 Å². The van der Waals surface area contributed by atoms with Crippen LogP contribution in [0.4, 0.5) is 0 Å². The van der Waals surface area contributed by atoms with Crippen molar-refractivity contribution in [2.24, 2.45) is 0 Å². The highest BCUT2D eigenvalue weighted by Gasteiger charge is 2.09. The molecule has 0 fully saturated rings. The molecule has 2 amide bonds. The number of nitrogens with one attached hydrogen (secondary N) is 2. The Balaban J connectivity index is 1.71. The molecule has 6 nitrogen and oxygen atoms in total. The van der Waals surface area contributed by atoms with Crippen molar-refractivity contribution in [3.05, 3.63) is 45.9 Å². The van der Waals surface area contributed by atoms with Crippen LogP contribution in [0.1, 0.15) is 47.2 Å². The first kappa shape index (κ1) is 18.9. The molecule has 0 unspecified atom stereocenters. The summed E-state index contributed by atoms with van der Waals surface area (Å²) in [5.74, 6) is 0.661. The maximum Gasteiger partial charge on any atom is 0.251 e. The van der Waals surface area contributed by atoms with E-state index in [4.69, 9.17) is 4.74 Å². The smallest absolute Gasteiger partial charge is 0.251 e. The van der Waals surface area contributed by atoms with Gasteiger partial charge in [0.15, 0.2) is 0 Å². The number of thiazole rings is 1. The van der Waals surface area contributed by atoms with E-state index in [2.05, 4.69) is 29.5 Å². The maximum atomic E-state index is 12.0. The van der Waals surface area contributed by atoms with Gasteiger partial charge in [-0.2, -0.15) is 0 Å². The van der Waals surface area contributed by atoms with Gasteiger partial charge in [-0.3, -0.25) is 9.59 Å². The van der Waals surface area contributed by atoms with Gasteiger partial charge in [0.25, 0.3) is 5.91 Å². The van der Waals surface area contributed by atoms with E-state index in [0.717, 1.165) is 10.7 Å². The van der Waals surface area contributed by atoms with E-state index in [1.54, 1.807) is 42.7 Å². The molecule has 2 rings (SSSR count). The van der Waals surface area contributed by atoms with Crippen LogP contribution in [0, 0.1) is 0 Å². The monoisotopic (exact) mass is 361 g/mol. The zero-order valence-electron chi connectivity index (χ0n) is 14.7. The molecule has 0 aliphatic carbocycles. The highest BCUT2D eigenvalue weighted by Crippen LogP contribution is 2.18. The van der Waals surface area contributed by atoms with Crippen molar-refractivity contribution in [3.63, 3.8) is 0 Å². The molecule has 0 bridgehead atoms. The Kier molecular flexibility index (Phi) is 6.94. The molecule has 0 radical (unpaired) electrons. The molecule has 2 N–H and O–H groups in total. The van der Waals surface area contributed by atoms with E-state index in [0.29, 0.717) is 23.8 Å². The van der Waals surface area contributed by atoms with Crippen molar-refractivity contribution in [3.8, 4) is 5.75 Å². The predicted molar refractivity (Wildman–Crippen MR) is 98.0 cm³/mol. The van der Waals surface area contributed by atoms with E-state index in [1.165, 1.54) is 0 Å². The number of ether oxygens (including phenoxy) is 1. The molecule has 1 aromatic heterocycles. The average molecular weight is 361 g/mol. The largest absolute Gasteiger partial charge is 0.497 e. The van der Waals surface area contributed by atoms with Crippen molar-refractivity contribution in [2.75, 3.05) is 13.7 Å². The first-order valence-electron chi connectivity index (χ1n) is 8.13. The lowest BCUT2D eigenvalue weighted by Crippen LogP contribution is -2.30. The summed E-state index contributed by atoms with van der Waals surface area (Å²) < 4.78 is 5.09. The zero-order chi connectivity index (χ0) is 18.2. The van der Waals surface area contributed by atoms with Crippen molar-refractivity contribution < 1.29 is 14.3 Å². The van der Waals surface area contributed by atoms with Gasteiger partial charge in [0.2, 0.25) is 5.91 Å². The Morgan fingerprint density at radius 1 is 1.28 bits per heavy atom. The molecule has 1 aromatic carbocycles. The van der Waals surface area contributed by atoms with Crippen LogP contribution in [0.2, 0.25) is 0 Å². The van der Waals surface area contributed by atoms with Gasteiger partial charge < -0.3 is 15.4 Å². The molecule has 7 heteroatoms. The van der Waals surface area contributed by atoms with Gasteiger partial charge >= 0.3 is 0 Å². The number of rotatable bonds is 8. The molecule has 25 heavy (non-hydrogen) atoms. The Morgan fingerprint density at radius 3 is 2.76 bits per heavy atom. The second kappa shape index (κ2) is 9.17. The van der Waals surface area contributed by atoms with E-state index in [1.807, 2.05) is 5.38 Å². The third kappa shape index (κ3) is 5.86. The summed E-state index contributed by atoms with van der Waals surface area (Å²) in [5.41, 5.74) is 1.37. The topological polar surface area (TPSA) is 80.3 Å². The zero-order valence-corrected chi connectivity index (χ0v) is 15.5. The highest BCUT2D eigenvalue weighted by atomic mass is 32.1. The lowest BCUT2D eigenvalue weighted by atomic mass is 10.2. The molecule has 0 atom stereocenters. The van der Waals surface area contributed by atoms with Gasteiger partial charge in [-0.25, -0.2) is 4.98 Å². The van der Waals surface area contributed by atoms with Crippen LogP contribution in [0.25, 0.3) is 0 Å². The van der Waals surface area contributed by atoms with E-state index < -0.39 is 0 Å². The fourth-order valence-corrected chi connectivity index (χ4v) is 2.94. The highest BCUT2D eigenvalue weighted by molar-refractivity contribution is 7.09. The Labute approximate surface area is 151 Å². The van der Waals surface area contributed by atoms with Crippen LogP contribution in [-0.2, 0) is 11.3 Å².